The lowest BCUT2D eigenvalue weighted by molar-refractivity contribution is -0.141. The first-order chi connectivity index (χ1) is 7.67. The molecule has 2 N–H and O–H groups in total. The summed E-state index contributed by atoms with van der Waals surface area (Å²) >= 11 is 5.95. The lowest BCUT2D eigenvalue weighted by atomic mass is 10.1. The Labute approximate surface area is 99.3 Å². The van der Waals surface area contributed by atoms with Crippen molar-refractivity contribution < 1.29 is 14.3 Å². The fraction of sp³-hybridized carbons (Fsp3) is 0.364. The van der Waals surface area contributed by atoms with Crippen molar-refractivity contribution in [3.8, 4) is 5.75 Å². The highest BCUT2D eigenvalue weighted by Gasteiger charge is 2.03. The van der Waals surface area contributed by atoms with Gasteiger partial charge in [0.15, 0.2) is 0 Å². The van der Waals surface area contributed by atoms with Gasteiger partial charge >= 0.3 is 5.97 Å². The van der Waals surface area contributed by atoms with Gasteiger partial charge in [0.25, 0.3) is 0 Å². The van der Waals surface area contributed by atoms with E-state index < -0.39 is 5.97 Å². The second-order valence-electron chi connectivity index (χ2n) is 3.14. The van der Waals surface area contributed by atoms with E-state index in [1.54, 1.807) is 19.2 Å². The molecule has 0 aliphatic rings. The predicted molar refractivity (Wildman–Crippen MR) is 61.7 cm³/mol. The van der Waals surface area contributed by atoms with E-state index in [0.29, 0.717) is 23.8 Å². The maximum Gasteiger partial charge on any atom is 0.319 e. The van der Waals surface area contributed by atoms with Gasteiger partial charge in [-0.3, -0.25) is 4.79 Å². The fourth-order valence-corrected chi connectivity index (χ4v) is 1.49. The first kappa shape index (κ1) is 12.8. The van der Waals surface area contributed by atoms with Crippen LogP contribution in [0.25, 0.3) is 0 Å². The Morgan fingerprint density at radius 2 is 2.25 bits per heavy atom. The molecule has 16 heavy (non-hydrogen) atoms. The Morgan fingerprint density at radius 1 is 1.50 bits per heavy atom. The minimum atomic E-state index is -0.403. The van der Waals surface area contributed by atoms with Crippen LogP contribution in [0.3, 0.4) is 0 Å². The van der Waals surface area contributed by atoms with Crippen molar-refractivity contribution in [3.63, 3.8) is 0 Å². The first-order valence-corrected chi connectivity index (χ1v) is 5.23. The molecule has 0 saturated carbocycles. The summed E-state index contributed by atoms with van der Waals surface area (Å²) in [5.74, 6) is 0.226. The highest BCUT2D eigenvalue weighted by molar-refractivity contribution is 6.32. The van der Waals surface area contributed by atoms with Gasteiger partial charge < -0.3 is 15.2 Å². The van der Waals surface area contributed by atoms with Crippen LogP contribution in [-0.4, -0.2) is 26.2 Å². The second-order valence-corrected chi connectivity index (χ2v) is 3.55. The molecular weight excluding hydrogens is 230 g/mol. The zero-order valence-electron chi connectivity index (χ0n) is 9.03. The summed E-state index contributed by atoms with van der Waals surface area (Å²) in [4.78, 5) is 10.8. The second kappa shape index (κ2) is 6.35. The van der Waals surface area contributed by atoms with Gasteiger partial charge in [0.1, 0.15) is 5.75 Å². The van der Waals surface area contributed by atoms with Crippen LogP contribution in [0.15, 0.2) is 18.2 Å². The Bertz CT molecular complexity index is 368. The van der Waals surface area contributed by atoms with E-state index in [9.17, 15) is 4.79 Å². The summed E-state index contributed by atoms with van der Waals surface area (Å²) in [5.41, 5.74) is 6.08. The Hall–Kier alpha value is -1.26. The number of ether oxygens (including phenoxy) is 2. The van der Waals surface area contributed by atoms with Gasteiger partial charge in [-0.2, -0.15) is 0 Å². The molecule has 88 valence electrons. The minimum Gasteiger partial charge on any atom is -0.495 e. The molecule has 5 heteroatoms. The number of methoxy groups -OCH3 is 1. The number of rotatable bonds is 5. The first-order valence-electron chi connectivity index (χ1n) is 4.85. The topological polar surface area (TPSA) is 61.5 Å². The molecule has 1 aromatic rings. The largest absolute Gasteiger partial charge is 0.495 e. The van der Waals surface area contributed by atoms with Crippen LogP contribution < -0.4 is 10.5 Å². The monoisotopic (exact) mass is 243 g/mol. The summed E-state index contributed by atoms with van der Waals surface area (Å²) in [6.45, 7) is 0.210. The molecule has 0 spiro atoms. The van der Waals surface area contributed by atoms with Gasteiger partial charge in [0, 0.05) is 6.42 Å². The molecule has 0 amide bonds. The van der Waals surface area contributed by atoms with E-state index in [2.05, 4.69) is 0 Å². The van der Waals surface area contributed by atoms with Crippen molar-refractivity contribution >= 4 is 17.6 Å². The fourth-order valence-electron chi connectivity index (χ4n) is 1.21. The molecule has 1 rings (SSSR count). The van der Waals surface area contributed by atoms with Crippen molar-refractivity contribution in [2.75, 3.05) is 20.3 Å². The van der Waals surface area contributed by atoms with Crippen molar-refractivity contribution in [3.05, 3.63) is 28.8 Å². The van der Waals surface area contributed by atoms with Gasteiger partial charge in [-0.15, -0.1) is 0 Å². The van der Waals surface area contributed by atoms with Gasteiger partial charge in [-0.05, 0) is 17.7 Å². The smallest absolute Gasteiger partial charge is 0.319 e. The normalized spacial score (nSPS) is 9.94. The number of hydrogen-bond donors (Lipinski definition) is 1. The Kier molecular flexibility index (Phi) is 5.08. The van der Waals surface area contributed by atoms with E-state index in [4.69, 9.17) is 26.8 Å². The molecule has 0 unspecified atom stereocenters. The molecule has 0 heterocycles. The van der Waals surface area contributed by atoms with Crippen LogP contribution in [0.5, 0.6) is 5.75 Å². The number of carbonyl (C=O) groups is 1. The van der Waals surface area contributed by atoms with E-state index in [0.717, 1.165) is 5.56 Å². The third-order valence-electron chi connectivity index (χ3n) is 2.04. The van der Waals surface area contributed by atoms with Crippen LogP contribution in [0.4, 0.5) is 0 Å². The van der Waals surface area contributed by atoms with Crippen molar-refractivity contribution in [1.29, 1.82) is 0 Å². The van der Waals surface area contributed by atoms with Crippen LogP contribution in [0.1, 0.15) is 5.56 Å². The Morgan fingerprint density at radius 3 is 2.81 bits per heavy atom. The van der Waals surface area contributed by atoms with Gasteiger partial charge in [0.2, 0.25) is 0 Å². The average Bonchev–Trinajstić information content (AvgIpc) is 2.29. The predicted octanol–water partition coefficient (Wildman–Crippen LogP) is 1.39. The van der Waals surface area contributed by atoms with Crippen molar-refractivity contribution in [2.24, 2.45) is 5.73 Å². The number of benzene rings is 1. The average molecular weight is 244 g/mol. The van der Waals surface area contributed by atoms with Crippen molar-refractivity contribution in [1.82, 2.24) is 0 Å². The quantitative estimate of drug-likeness (QED) is 0.794. The van der Waals surface area contributed by atoms with E-state index in [1.165, 1.54) is 0 Å². The van der Waals surface area contributed by atoms with E-state index in [1.807, 2.05) is 6.07 Å². The standard InChI is InChI=1S/C11H14ClNO3/c1-15-10-3-2-8(6-9(10)12)4-5-16-11(14)7-13/h2-3,6H,4-5,7,13H2,1H3. The third-order valence-corrected chi connectivity index (χ3v) is 2.33. The maximum absolute atomic E-state index is 10.8. The number of halogens is 1. The van der Waals surface area contributed by atoms with Crippen LogP contribution in [-0.2, 0) is 16.0 Å². The van der Waals surface area contributed by atoms with Crippen molar-refractivity contribution in [2.45, 2.75) is 6.42 Å². The summed E-state index contributed by atoms with van der Waals surface area (Å²) in [6, 6.07) is 5.44. The van der Waals surface area contributed by atoms with Crippen LogP contribution >= 0.6 is 11.6 Å². The molecule has 0 atom stereocenters. The molecule has 0 aliphatic carbocycles. The van der Waals surface area contributed by atoms with Gasteiger partial charge in [0.05, 0.1) is 25.3 Å². The number of nitrogens with two attached hydrogens (primary N) is 1. The maximum atomic E-state index is 10.8. The number of esters is 1. The molecular formula is C11H14ClNO3. The minimum absolute atomic E-state index is 0.0939. The lowest BCUT2D eigenvalue weighted by Gasteiger charge is -2.06. The molecule has 1 aromatic carbocycles. The highest BCUT2D eigenvalue weighted by Crippen LogP contribution is 2.24. The molecule has 0 bridgehead atoms. The molecule has 4 nitrogen and oxygen atoms in total. The van der Waals surface area contributed by atoms with E-state index >= 15 is 0 Å². The van der Waals surface area contributed by atoms with Gasteiger partial charge in [-0.1, -0.05) is 17.7 Å². The third kappa shape index (κ3) is 3.72. The summed E-state index contributed by atoms with van der Waals surface area (Å²) in [7, 11) is 1.56. The molecule has 0 fully saturated rings. The van der Waals surface area contributed by atoms with Crippen LogP contribution in [0, 0.1) is 0 Å². The zero-order chi connectivity index (χ0) is 12.0. The Balaban J connectivity index is 2.49. The summed E-state index contributed by atoms with van der Waals surface area (Å²) in [6.07, 6.45) is 0.607. The highest BCUT2D eigenvalue weighted by atomic mass is 35.5. The van der Waals surface area contributed by atoms with Gasteiger partial charge in [-0.25, -0.2) is 0 Å². The number of hydrogen-bond acceptors (Lipinski definition) is 4. The summed E-state index contributed by atoms with van der Waals surface area (Å²) in [5, 5.41) is 0.546. The molecule has 0 radical (unpaired) electrons. The SMILES string of the molecule is COc1ccc(CCOC(=O)CN)cc1Cl. The molecule has 0 aliphatic heterocycles. The molecule has 0 saturated heterocycles. The lowest BCUT2D eigenvalue weighted by Crippen LogP contribution is -2.17. The summed E-state index contributed by atoms with van der Waals surface area (Å²) < 4.78 is 9.88. The number of carbonyl (C=O) groups excluding carboxylic acids is 1. The zero-order valence-corrected chi connectivity index (χ0v) is 9.79. The van der Waals surface area contributed by atoms with Crippen LogP contribution in [0.2, 0.25) is 5.02 Å². The molecule has 0 aromatic heterocycles. The van der Waals surface area contributed by atoms with E-state index in [-0.39, 0.29) is 6.54 Å².